The topological polar surface area (TPSA) is 202 Å². The fraction of sp³-hybridized carbons (Fsp3) is 0.118. The quantitative estimate of drug-likeness (QED) is 0.183. The lowest BCUT2D eigenvalue weighted by Crippen LogP contribution is -2.29. The van der Waals surface area contributed by atoms with Crippen LogP contribution >= 0.6 is 0 Å². The summed E-state index contributed by atoms with van der Waals surface area (Å²) in [6.07, 6.45) is 0. The molecule has 0 atom stereocenters. The molecule has 2 aliphatic heterocycles. The SMILES string of the molecule is O=C(OCCO)c1ccc2c(c1)C(=O)N(c1ccc(S(=O)(=O)c3ccc(N4C(=O)c5ccc(C(=O)OCCO)cc5C4=O)cc3)cc1)C2=O. The van der Waals surface area contributed by atoms with E-state index in [1.165, 1.54) is 84.9 Å². The van der Waals surface area contributed by atoms with E-state index in [0.29, 0.717) is 0 Å². The Morgan fingerprint density at radius 2 is 0.878 bits per heavy atom. The van der Waals surface area contributed by atoms with Crippen LogP contribution in [0.15, 0.2) is 94.7 Å². The Morgan fingerprint density at radius 3 is 1.22 bits per heavy atom. The van der Waals surface area contributed by atoms with Gasteiger partial charge in [0.05, 0.1) is 67.8 Å². The van der Waals surface area contributed by atoms with Gasteiger partial charge >= 0.3 is 11.9 Å². The average molecular weight is 685 g/mol. The molecule has 248 valence electrons. The third kappa shape index (κ3) is 5.75. The predicted molar refractivity (Wildman–Crippen MR) is 168 cm³/mol. The van der Waals surface area contributed by atoms with Crippen LogP contribution in [0, 0.1) is 0 Å². The summed E-state index contributed by atoms with van der Waals surface area (Å²) in [6, 6.07) is 17.7. The van der Waals surface area contributed by atoms with E-state index >= 15 is 0 Å². The Balaban J connectivity index is 1.19. The van der Waals surface area contributed by atoms with E-state index in [4.69, 9.17) is 19.7 Å². The fourth-order valence-corrected chi connectivity index (χ4v) is 6.59. The monoisotopic (exact) mass is 684 g/mol. The van der Waals surface area contributed by atoms with E-state index in [9.17, 15) is 37.2 Å². The number of fused-ring (bicyclic) bond motifs is 2. The van der Waals surface area contributed by atoms with Gasteiger partial charge in [0.1, 0.15) is 13.2 Å². The van der Waals surface area contributed by atoms with E-state index < -0.39 is 45.4 Å². The van der Waals surface area contributed by atoms with Crippen LogP contribution in [0.2, 0.25) is 0 Å². The van der Waals surface area contributed by atoms with Crippen molar-refractivity contribution in [1.82, 2.24) is 0 Å². The minimum Gasteiger partial charge on any atom is -0.460 e. The van der Waals surface area contributed by atoms with Crippen LogP contribution in [-0.2, 0) is 19.3 Å². The van der Waals surface area contributed by atoms with Crippen LogP contribution in [0.5, 0.6) is 0 Å². The van der Waals surface area contributed by atoms with Crippen molar-refractivity contribution in [2.75, 3.05) is 36.2 Å². The number of aliphatic hydroxyl groups is 2. The molecule has 0 saturated heterocycles. The molecule has 15 heteroatoms. The van der Waals surface area contributed by atoms with E-state index in [0.717, 1.165) is 9.80 Å². The van der Waals surface area contributed by atoms with E-state index in [1.807, 2.05) is 0 Å². The molecule has 6 rings (SSSR count). The first kappa shape index (κ1) is 32.9. The molecule has 0 bridgehead atoms. The molecule has 4 aromatic carbocycles. The van der Waals surface area contributed by atoms with Crippen molar-refractivity contribution in [1.29, 1.82) is 0 Å². The Hall–Kier alpha value is -6.03. The first-order valence-corrected chi connectivity index (χ1v) is 16.0. The predicted octanol–water partition coefficient (Wildman–Crippen LogP) is 2.42. The van der Waals surface area contributed by atoms with Gasteiger partial charge in [0, 0.05) is 0 Å². The summed E-state index contributed by atoms with van der Waals surface area (Å²) >= 11 is 0. The number of hydrogen-bond donors (Lipinski definition) is 2. The van der Waals surface area contributed by atoms with Crippen LogP contribution in [0.3, 0.4) is 0 Å². The van der Waals surface area contributed by atoms with Crippen LogP contribution in [0.1, 0.15) is 62.1 Å². The minimum atomic E-state index is -4.14. The van der Waals surface area contributed by atoms with Crippen LogP contribution in [0.25, 0.3) is 0 Å². The molecule has 14 nitrogen and oxygen atoms in total. The minimum absolute atomic E-state index is 0.0108. The highest BCUT2D eigenvalue weighted by atomic mass is 32.2. The molecule has 2 N–H and O–H groups in total. The van der Waals surface area contributed by atoms with Crippen molar-refractivity contribution in [3.8, 4) is 0 Å². The molecule has 2 aliphatic rings. The van der Waals surface area contributed by atoms with Crippen LogP contribution in [-0.4, -0.2) is 80.6 Å². The molecule has 4 amide bonds. The maximum absolute atomic E-state index is 13.5. The number of nitrogens with zero attached hydrogens (tertiary/aromatic N) is 2. The molecule has 2 heterocycles. The Morgan fingerprint density at radius 1 is 0.531 bits per heavy atom. The molecule has 0 spiro atoms. The highest BCUT2D eigenvalue weighted by molar-refractivity contribution is 7.91. The Labute approximate surface area is 277 Å². The highest BCUT2D eigenvalue weighted by Crippen LogP contribution is 2.33. The van der Waals surface area contributed by atoms with Gasteiger partial charge in [-0.05, 0) is 84.9 Å². The van der Waals surface area contributed by atoms with Crippen molar-refractivity contribution in [2.45, 2.75) is 9.79 Å². The summed E-state index contributed by atoms with van der Waals surface area (Å²) in [6.45, 7) is -1.25. The van der Waals surface area contributed by atoms with Crippen LogP contribution < -0.4 is 9.80 Å². The molecule has 49 heavy (non-hydrogen) atoms. The number of amides is 4. The van der Waals surface area contributed by atoms with Gasteiger partial charge in [-0.15, -0.1) is 0 Å². The van der Waals surface area contributed by atoms with E-state index in [2.05, 4.69) is 0 Å². The van der Waals surface area contributed by atoms with Gasteiger partial charge in [-0.2, -0.15) is 0 Å². The maximum atomic E-state index is 13.5. The third-order valence-electron chi connectivity index (χ3n) is 7.70. The summed E-state index contributed by atoms with van der Waals surface area (Å²) in [5.41, 5.74) is 0.187. The summed E-state index contributed by atoms with van der Waals surface area (Å²) in [5.74, 6) is -4.37. The first-order chi connectivity index (χ1) is 23.5. The molecule has 4 aromatic rings. The normalized spacial score (nSPS) is 13.8. The van der Waals surface area contributed by atoms with E-state index in [-0.39, 0.29) is 81.0 Å². The fourth-order valence-electron chi connectivity index (χ4n) is 5.33. The number of esters is 2. The second kappa shape index (κ2) is 12.9. The van der Waals surface area contributed by atoms with Gasteiger partial charge in [0.25, 0.3) is 23.6 Å². The van der Waals surface area contributed by atoms with Gasteiger partial charge in [0.15, 0.2) is 0 Å². The summed E-state index contributed by atoms with van der Waals surface area (Å²) in [7, 11) is -4.14. The van der Waals surface area contributed by atoms with E-state index in [1.54, 1.807) is 0 Å². The molecule has 0 fully saturated rings. The lowest BCUT2D eigenvalue weighted by atomic mass is 10.1. The Bertz CT molecular complexity index is 2030. The van der Waals surface area contributed by atoms with Gasteiger partial charge in [-0.3, -0.25) is 19.2 Å². The van der Waals surface area contributed by atoms with Gasteiger partial charge < -0.3 is 19.7 Å². The number of imide groups is 2. The number of carbonyl (C=O) groups is 6. The zero-order valence-corrected chi connectivity index (χ0v) is 26.0. The Kier molecular flexibility index (Phi) is 8.64. The molecule has 0 saturated carbocycles. The van der Waals surface area contributed by atoms with Crippen molar-refractivity contribution < 1.29 is 56.9 Å². The van der Waals surface area contributed by atoms with Crippen LogP contribution in [0.4, 0.5) is 11.4 Å². The van der Waals surface area contributed by atoms with Gasteiger partial charge in [0.2, 0.25) is 9.84 Å². The third-order valence-corrected chi connectivity index (χ3v) is 9.49. The van der Waals surface area contributed by atoms with Crippen molar-refractivity contribution in [3.63, 3.8) is 0 Å². The molecule has 0 radical (unpaired) electrons. The van der Waals surface area contributed by atoms with Gasteiger partial charge in [-0.25, -0.2) is 27.8 Å². The summed E-state index contributed by atoms with van der Waals surface area (Å²) < 4.78 is 36.6. The average Bonchev–Trinajstić information content (AvgIpc) is 3.52. The zero-order valence-electron chi connectivity index (χ0n) is 25.2. The zero-order chi connectivity index (χ0) is 35.0. The number of carbonyl (C=O) groups excluding carboxylic acids is 6. The second-order valence-corrected chi connectivity index (χ2v) is 12.6. The number of sulfone groups is 1. The maximum Gasteiger partial charge on any atom is 0.338 e. The number of anilines is 2. The van der Waals surface area contributed by atoms with Crippen molar-refractivity contribution >= 4 is 56.8 Å². The van der Waals surface area contributed by atoms with Crippen molar-refractivity contribution in [2.24, 2.45) is 0 Å². The standard InChI is InChI=1S/C34H24N2O12S/c37-13-15-47-33(43)19-1-11-25-27(17-19)31(41)35(29(25)39)21-3-7-23(8-4-21)49(45,46)24-9-5-22(6-10-24)36-30(40)26-12-2-20(18-28(26)32(36)42)34(44)48-16-14-38/h1-12,17-18,37-38H,13-16H2. The molecule has 0 aliphatic carbocycles. The van der Waals surface area contributed by atoms with Gasteiger partial charge in [-0.1, -0.05) is 0 Å². The lowest BCUT2D eigenvalue weighted by molar-refractivity contribution is 0.0427. The smallest absolute Gasteiger partial charge is 0.338 e. The number of hydrogen-bond acceptors (Lipinski definition) is 12. The number of benzene rings is 4. The number of rotatable bonds is 10. The largest absolute Gasteiger partial charge is 0.460 e. The summed E-state index contributed by atoms with van der Waals surface area (Å²) in [5, 5.41) is 17.7. The molecule has 0 aromatic heterocycles. The number of aliphatic hydroxyl groups excluding tert-OH is 2. The summed E-state index contributed by atoms with van der Waals surface area (Å²) in [4.78, 5) is 78.1. The number of ether oxygens (including phenoxy) is 2. The highest BCUT2D eigenvalue weighted by Gasteiger charge is 2.39. The first-order valence-electron chi connectivity index (χ1n) is 14.5. The molecular formula is C34H24N2O12S. The van der Waals surface area contributed by atoms with Crippen molar-refractivity contribution in [3.05, 3.63) is 118 Å². The second-order valence-electron chi connectivity index (χ2n) is 10.6. The molecular weight excluding hydrogens is 660 g/mol. The lowest BCUT2D eigenvalue weighted by Gasteiger charge is -2.15. The molecule has 0 unspecified atom stereocenters.